The number of methoxy groups -OCH3 is 1. The summed E-state index contributed by atoms with van der Waals surface area (Å²) in [6.07, 6.45) is 1.60. The van der Waals surface area contributed by atoms with Gasteiger partial charge >= 0.3 is 0 Å². The Kier molecular flexibility index (Phi) is 4.46. The molecule has 1 N–H and O–H groups in total. The van der Waals surface area contributed by atoms with Gasteiger partial charge in [-0.3, -0.25) is 0 Å². The second kappa shape index (κ2) is 6.08. The Bertz CT molecular complexity index is 507. The van der Waals surface area contributed by atoms with Gasteiger partial charge in [0.2, 0.25) is 0 Å². The van der Waals surface area contributed by atoms with E-state index < -0.39 is 0 Å². The molecule has 5 nitrogen and oxygen atoms in total. The second-order valence-electron chi connectivity index (χ2n) is 3.50. The van der Waals surface area contributed by atoms with E-state index in [-0.39, 0.29) is 0 Å². The van der Waals surface area contributed by atoms with Crippen molar-refractivity contribution in [3.05, 3.63) is 22.3 Å². The Morgan fingerprint density at radius 3 is 2.89 bits per heavy atom. The van der Waals surface area contributed by atoms with Crippen LogP contribution in [0.1, 0.15) is 12.6 Å². The van der Waals surface area contributed by atoms with Gasteiger partial charge in [-0.2, -0.15) is 0 Å². The van der Waals surface area contributed by atoms with Gasteiger partial charge in [-0.1, -0.05) is 22.9 Å². The van der Waals surface area contributed by atoms with Crippen molar-refractivity contribution >= 4 is 28.8 Å². The molecule has 2 aromatic rings. The molecule has 0 amide bonds. The lowest BCUT2D eigenvalue weighted by molar-refractivity contribution is 0.181. The molecule has 18 heavy (non-hydrogen) atoms. The molecule has 0 unspecified atom stereocenters. The predicted molar refractivity (Wildman–Crippen MR) is 73.0 cm³/mol. The van der Waals surface area contributed by atoms with Crippen molar-refractivity contribution in [1.29, 1.82) is 0 Å². The smallest absolute Gasteiger partial charge is 0.191 e. The Labute approximate surface area is 114 Å². The number of anilines is 1. The van der Waals surface area contributed by atoms with Gasteiger partial charge in [0.25, 0.3) is 0 Å². The molecule has 96 valence electrons. The molecule has 0 aliphatic heterocycles. The van der Waals surface area contributed by atoms with Gasteiger partial charge in [0.1, 0.15) is 10.2 Å². The highest BCUT2D eigenvalue weighted by atomic mass is 35.5. The van der Waals surface area contributed by atoms with Crippen molar-refractivity contribution in [3.63, 3.8) is 0 Å². The molecule has 7 heteroatoms. The first kappa shape index (κ1) is 13.2. The summed E-state index contributed by atoms with van der Waals surface area (Å²) in [6, 6.07) is 1.87. The zero-order chi connectivity index (χ0) is 13.0. The molecule has 0 fully saturated rings. The summed E-state index contributed by atoms with van der Waals surface area (Å²) < 4.78 is 5.72. The first-order valence-electron chi connectivity index (χ1n) is 5.45. The minimum absolute atomic E-state index is 0.438. The van der Waals surface area contributed by atoms with Gasteiger partial charge < -0.3 is 10.1 Å². The third kappa shape index (κ3) is 3.16. The molecule has 2 aromatic heterocycles. The molecule has 2 heterocycles. The van der Waals surface area contributed by atoms with Crippen molar-refractivity contribution in [3.8, 4) is 10.8 Å². The van der Waals surface area contributed by atoms with Crippen LogP contribution in [-0.2, 0) is 11.3 Å². The van der Waals surface area contributed by atoms with E-state index in [2.05, 4.69) is 20.3 Å². The van der Waals surface area contributed by atoms with E-state index in [4.69, 9.17) is 16.3 Å². The minimum atomic E-state index is 0.438. The fraction of sp³-hybridized carbons (Fsp3) is 0.364. The SMILES string of the molecule is CCNc1cc(COC)nc(-c2ncc(Cl)s2)n1. The van der Waals surface area contributed by atoms with Crippen molar-refractivity contribution in [2.45, 2.75) is 13.5 Å². The summed E-state index contributed by atoms with van der Waals surface area (Å²) in [4.78, 5) is 13.0. The van der Waals surface area contributed by atoms with Crippen LogP contribution in [0.5, 0.6) is 0 Å². The van der Waals surface area contributed by atoms with E-state index in [0.717, 1.165) is 18.1 Å². The molecule has 0 aliphatic carbocycles. The zero-order valence-corrected chi connectivity index (χ0v) is 11.7. The maximum Gasteiger partial charge on any atom is 0.191 e. The monoisotopic (exact) mass is 284 g/mol. The maximum absolute atomic E-state index is 5.87. The Balaban J connectivity index is 2.39. The summed E-state index contributed by atoms with van der Waals surface area (Å²) in [6.45, 7) is 3.24. The van der Waals surface area contributed by atoms with Gasteiger partial charge in [-0.05, 0) is 6.92 Å². The first-order valence-corrected chi connectivity index (χ1v) is 6.65. The zero-order valence-electron chi connectivity index (χ0n) is 10.1. The van der Waals surface area contributed by atoms with Crippen molar-refractivity contribution in [2.75, 3.05) is 19.0 Å². The number of hydrogen-bond acceptors (Lipinski definition) is 6. The third-order valence-corrected chi connectivity index (χ3v) is 3.21. The molecule has 0 saturated heterocycles. The van der Waals surface area contributed by atoms with Crippen LogP contribution in [0.4, 0.5) is 5.82 Å². The van der Waals surface area contributed by atoms with E-state index >= 15 is 0 Å². The Morgan fingerprint density at radius 1 is 1.44 bits per heavy atom. The number of nitrogens with one attached hydrogen (secondary N) is 1. The molecule has 0 aliphatic rings. The number of nitrogens with zero attached hydrogens (tertiary/aromatic N) is 3. The maximum atomic E-state index is 5.87. The largest absolute Gasteiger partial charge is 0.378 e. The predicted octanol–water partition coefficient (Wildman–Crippen LogP) is 2.83. The Morgan fingerprint density at radius 2 is 2.28 bits per heavy atom. The van der Waals surface area contributed by atoms with Crippen LogP contribution in [0.3, 0.4) is 0 Å². The number of rotatable bonds is 5. The minimum Gasteiger partial charge on any atom is -0.378 e. The third-order valence-electron chi connectivity index (χ3n) is 2.10. The lowest BCUT2D eigenvalue weighted by atomic mass is 10.4. The topological polar surface area (TPSA) is 59.9 Å². The van der Waals surface area contributed by atoms with Crippen LogP contribution >= 0.6 is 22.9 Å². The quantitative estimate of drug-likeness (QED) is 0.915. The van der Waals surface area contributed by atoms with Gasteiger partial charge in [0, 0.05) is 19.7 Å². The second-order valence-corrected chi connectivity index (χ2v) is 5.16. The molecule has 2 rings (SSSR count). The van der Waals surface area contributed by atoms with Gasteiger partial charge in [0.05, 0.1) is 18.5 Å². The highest BCUT2D eigenvalue weighted by molar-refractivity contribution is 7.18. The van der Waals surface area contributed by atoms with Crippen LogP contribution in [-0.4, -0.2) is 28.6 Å². The van der Waals surface area contributed by atoms with E-state index in [0.29, 0.717) is 21.8 Å². The molecular formula is C11H13ClN4OS. The molecule has 0 radical (unpaired) electrons. The lowest BCUT2D eigenvalue weighted by Gasteiger charge is -2.06. The molecule has 0 atom stereocenters. The molecule has 0 saturated carbocycles. The van der Waals surface area contributed by atoms with Crippen molar-refractivity contribution in [1.82, 2.24) is 15.0 Å². The van der Waals surface area contributed by atoms with Crippen molar-refractivity contribution < 1.29 is 4.74 Å². The Hall–Kier alpha value is -1.24. The standard InChI is InChI=1S/C11H13ClN4OS/c1-3-13-9-4-7(6-17-2)15-10(16-9)11-14-5-8(12)18-11/h4-5H,3,6H2,1-2H3,(H,13,15,16). The summed E-state index contributed by atoms with van der Waals surface area (Å²) >= 11 is 7.23. The number of ether oxygens (including phenoxy) is 1. The summed E-state index contributed by atoms with van der Waals surface area (Å²) in [5.41, 5.74) is 0.810. The summed E-state index contributed by atoms with van der Waals surface area (Å²) in [5, 5.41) is 3.87. The molecule has 0 aromatic carbocycles. The number of aromatic nitrogens is 3. The highest BCUT2D eigenvalue weighted by Crippen LogP contribution is 2.26. The average molecular weight is 285 g/mol. The summed E-state index contributed by atoms with van der Waals surface area (Å²) in [5.74, 6) is 1.33. The van der Waals surface area contributed by atoms with Crippen LogP contribution < -0.4 is 5.32 Å². The molecular weight excluding hydrogens is 272 g/mol. The van der Waals surface area contributed by atoms with Crippen LogP contribution in [0, 0.1) is 0 Å². The fourth-order valence-electron chi connectivity index (χ4n) is 1.44. The van der Waals surface area contributed by atoms with Crippen LogP contribution in [0.25, 0.3) is 10.8 Å². The summed E-state index contributed by atoms with van der Waals surface area (Å²) in [7, 11) is 1.63. The number of thiazole rings is 1. The average Bonchev–Trinajstić information content (AvgIpc) is 2.76. The lowest BCUT2D eigenvalue weighted by Crippen LogP contribution is -2.04. The van der Waals surface area contributed by atoms with Gasteiger partial charge in [-0.25, -0.2) is 15.0 Å². The highest BCUT2D eigenvalue weighted by Gasteiger charge is 2.10. The van der Waals surface area contributed by atoms with Gasteiger partial charge in [0.15, 0.2) is 10.8 Å². The number of halogens is 1. The van der Waals surface area contributed by atoms with E-state index in [1.165, 1.54) is 11.3 Å². The molecule has 0 bridgehead atoms. The van der Waals surface area contributed by atoms with E-state index in [1.807, 2.05) is 13.0 Å². The van der Waals surface area contributed by atoms with Crippen LogP contribution in [0.2, 0.25) is 4.34 Å². The normalized spacial score (nSPS) is 10.6. The van der Waals surface area contributed by atoms with Crippen molar-refractivity contribution in [2.24, 2.45) is 0 Å². The van der Waals surface area contributed by atoms with Gasteiger partial charge in [-0.15, -0.1) is 0 Å². The van der Waals surface area contributed by atoms with E-state index in [1.54, 1.807) is 13.3 Å². The molecule has 0 spiro atoms. The fourth-order valence-corrected chi connectivity index (χ4v) is 2.29. The van der Waals surface area contributed by atoms with E-state index in [9.17, 15) is 0 Å². The first-order chi connectivity index (χ1) is 8.72. The number of hydrogen-bond donors (Lipinski definition) is 1. The van der Waals surface area contributed by atoms with Crippen LogP contribution in [0.15, 0.2) is 12.3 Å².